The van der Waals surface area contributed by atoms with Gasteiger partial charge in [-0.15, -0.1) is 0 Å². The van der Waals surface area contributed by atoms with Crippen LogP contribution in [0.1, 0.15) is 20.3 Å². The van der Waals surface area contributed by atoms with Crippen LogP contribution in [0.15, 0.2) is 41.3 Å². The van der Waals surface area contributed by atoms with E-state index in [1.54, 1.807) is 23.5 Å². The molecule has 0 amide bonds. The van der Waals surface area contributed by atoms with E-state index in [1.165, 1.54) is 0 Å². The molecule has 0 bridgehead atoms. The van der Waals surface area contributed by atoms with Crippen LogP contribution in [0, 0.1) is 5.41 Å². The van der Waals surface area contributed by atoms with E-state index in [-0.39, 0.29) is 11.5 Å². The summed E-state index contributed by atoms with van der Waals surface area (Å²) in [5.74, 6) is 0.672. The maximum Gasteiger partial charge on any atom is 0.243 e. The summed E-state index contributed by atoms with van der Waals surface area (Å²) in [7, 11) is -2.00. The van der Waals surface area contributed by atoms with E-state index in [1.807, 2.05) is 38.1 Å². The summed E-state index contributed by atoms with van der Waals surface area (Å²) < 4.78 is 33.4. The summed E-state index contributed by atoms with van der Waals surface area (Å²) in [6.45, 7) is 4.92. The number of piperidine rings is 1. The van der Waals surface area contributed by atoms with E-state index >= 15 is 0 Å². The molecule has 24 heavy (non-hydrogen) atoms. The molecule has 5 nitrogen and oxygen atoms in total. The first-order valence-electron chi connectivity index (χ1n) is 8.09. The van der Waals surface area contributed by atoms with E-state index in [0.29, 0.717) is 35.5 Å². The van der Waals surface area contributed by atoms with Crippen molar-refractivity contribution >= 4 is 20.8 Å². The van der Waals surface area contributed by atoms with Crippen molar-refractivity contribution in [2.75, 3.05) is 20.2 Å². The highest BCUT2D eigenvalue weighted by atomic mass is 32.2. The third kappa shape index (κ3) is 2.79. The molecule has 0 spiro atoms. The minimum Gasteiger partial charge on any atom is -0.496 e. The van der Waals surface area contributed by atoms with Gasteiger partial charge in [-0.3, -0.25) is 0 Å². The van der Waals surface area contributed by atoms with Gasteiger partial charge in [-0.05, 0) is 24.0 Å². The fourth-order valence-corrected chi connectivity index (χ4v) is 5.14. The Balaban J connectivity index is 2.10. The number of hydrogen-bond acceptors (Lipinski definition) is 4. The van der Waals surface area contributed by atoms with Crippen molar-refractivity contribution in [2.45, 2.75) is 31.2 Å². The lowest BCUT2D eigenvalue weighted by Crippen LogP contribution is -2.53. The average molecular weight is 348 g/mol. The molecule has 2 aromatic rings. The molecule has 1 aliphatic rings. The highest BCUT2D eigenvalue weighted by molar-refractivity contribution is 7.89. The monoisotopic (exact) mass is 348 g/mol. The molecule has 1 fully saturated rings. The van der Waals surface area contributed by atoms with Crippen molar-refractivity contribution in [1.82, 2.24) is 4.31 Å². The topological polar surface area (TPSA) is 72.6 Å². The zero-order chi connectivity index (χ0) is 17.5. The van der Waals surface area contributed by atoms with Crippen LogP contribution in [0.3, 0.4) is 0 Å². The van der Waals surface area contributed by atoms with Crippen molar-refractivity contribution in [3.63, 3.8) is 0 Å². The molecule has 130 valence electrons. The fraction of sp³-hybridized carbons (Fsp3) is 0.444. The lowest BCUT2D eigenvalue weighted by Gasteiger charge is -2.41. The smallest absolute Gasteiger partial charge is 0.243 e. The largest absolute Gasteiger partial charge is 0.496 e. The Bertz CT molecular complexity index is 862. The van der Waals surface area contributed by atoms with E-state index in [0.717, 1.165) is 5.39 Å². The van der Waals surface area contributed by atoms with Gasteiger partial charge in [0.2, 0.25) is 10.0 Å². The van der Waals surface area contributed by atoms with Crippen LogP contribution in [0.2, 0.25) is 0 Å². The SMILES string of the molecule is COc1ccc(S(=O)(=O)N2CCC(N)C(C)(C)C2)c2ccccc12. The molecule has 1 aliphatic heterocycles. The molecule has 2 N–H and O–H groups in total. The summed E-state index contributed by atoms with van der Waals surface area (Å²) in [6, 6.07) is 10.8. The molecule has 2 aromatic carbocycles. The second-order valence-corrected chi connectivity index (χ2v) is 8.94. The standard InChI is InChI=1S/C18H24N2O3S/c1-18(2)12-20(11-10-17(18)19)24(21,22)16-9-8-15(23-3)13-6-4-5-7-14(13)16/h4-9,17H,10-12,19H2,1-3H3. The lowest BCUT2D eigenvalue weighted by atomic mass is 9.81. The molecule has 0 saturated carbocycles. The Labute approximate surface area is 143 Å². The predicted octanol–water partition coefficient (Wildman–Crippen LogP) is 2.60. The first-order valence-corrected chi connectivity index (χ1v) is 9.53. The van der Waals surface area contributed by atoms with Gasteiger partial charge in [-0.2, -0.15) is 4.31 Å². The number of hydrogen-bond donors (Lipinski definition) is 1. The van der Waals surface area contributed by atoms with Gasteiger partial charge < -0.3 is 10.5 Å². The van der Waals surface area contributed by atoms with Gasteiger partial charge in [0, 0.05) is 29.9 Å². The molecular weight excluding hydrogens is 324 g/mol. The maximum atomic E-state index is 13.2. The van der Waals surface area contributed by atoms with Gasteiger partial charge in [0.1, 0.15) is 5.75 Å². The van der Waals surface area contributed by atoms with Crippen molar-refractivity contribution in [2.24, 2.45) is 11.1 Å². The summed E-state index contributed by atoms with van der Waals surface area (Å²) in [4.78, 5) is 0.324. The predicted molar refractivity (Wildman–Crippen MR) is 95.6 cm³/mol. The number of methoxy groups -OCH3 is 1. The van der Waals surface area contributed by atoms with Crippen molar-refractivity contribution < 1.29 is 13.2 Å². The number of fused-ring (bicyclic) bond motifs is 1. The number of ether oxygens (including phenoxy) is 1. The lowest BCUT2D eigenvalue weighted by molar-refractivity contribution is 0.155. The Kier molecular flexibility index (Phi) is 4.32. The molecule has 1 saturated heterocycles. The maximum absolute atomic E-state index is 13.2. The van der Waals surface area contributed by atoms with Crippen LogP contribution in [0.4, 0.5) is 0 Å². The average Bonchev–Trinajstić information content (AvgIpc) is 2.56. The van der Waals surface area contributed by atoms with Crippen LogP contribution in [-0.2, 0) is 10.0 Å². The van der Waals surface area contributed by atoms with Gasteiger partial charge in [0.05, 0.1) is 12.0 Å². The van der Waals surface area contributed by atoms with Crippen molar-refractivity contribution in [3.8, 4) is 5.75 Å². The highest BCUT2D eigenvalue weighted by Crippen LogP contribution is 2.35. The fourth-order valence-electron chi connectivity index (χ4n) is 3.32. The molecule has 3 rings (SSSR count). The van der Waals surface area contributed by atoms with Gasteiger partial charge in [0.15, 0.2) is 0 Å². The number of nitrogens with zero attached hydrogens (tertiary/aromatic N) is 1. The number of rotatable bonds is 3. The van der Waals surface area contributed by atoms with Crippen LogP contribution in [0.25, 0.3) is 10.8 Å². The summed E-state index contributed by atoms with van der Waals surface area (Å²) in [5.41, 5.74) is 5.90. The zero-order valence-electron chi connectivity index (χ0n) is 14.3. The summed E-state index contributed by atoms with van der Waals surface area (Å²) in [6.07, 6.45) is 0.667. The van der Waals surface area contributed by atoms with Crippen molar-refractivity contribution in [1.29, 1.82) is 0 Å². The first kappa shape index (κ1) is 17.2. The molecule has 0 radical (unpaired) electrons. The molecule has 0 aliphatic carbocycles. The third-order valence-corrected chi connectivity index (χ3v) is 6.86. The quantitative estimate of drug-likeness (QED) is 0.925. The Morgan fingerprint density at radius 3 is 2.46 bits per heavy atom. The van der Waals surface area contributed by atoms with Gasteiger partial charge in [-0.1, -0.05) is 38.1 Å². The minimum atomic E-state index is -3.59. The molecule has 1 heterocycles. The second-order valence-electron chi connectivity index (χ2n) is 7.03. The van der Waals surface area contributed by atoms with E-state index in [4.69, 9.17) is 10.5 Å². The highest BCUT2D eigenvalue weighted by Gasteiger charge is 2.39. The molecule has 6 heteroatoms. The summed E-state index contributed by atoms with van der Waals surface area (Å²) >= 11 is 0. The summed E-state index contributed by atoms with van der Waals surface area (Å²) in [5, 5.41) is 1.48. The van der Waals surface area contributed by atoms with Gasteiger partial charge in [0.25, 0.3) is 0 Å². The first-order chi connectivity index (χ1) is 11.3. The molecule has 1 unspecified atom stereocenters. The van der Waals surface area contributed by atoms with Crippen LogP contribution in [-0.4, -0.2) is 39.0 Å². The van der Waals surface area contributed by atoms with Crippen LogP contribution in [0.5, 0.6) is 5.75 Å². The molecule has 0 aromatic heterocycles. The van der Waals surface area contributed by atoms with Crippen LogP contribution < -0.4 is 10.5 Å². The van der Waals surface area contributed by atoms with Gasteiger partial charge >= 0.3 is 0 Å². The van der Waals surface area contributed by atoms with Gasteiger partial charge in [-0.25, -0.2) is 8.42 Å². The number of benzene rings is 2. The number of sulfonamides is 1. The van der Waals surface area contributed by atoms with E-state index in [2.05, 4.69) is 0 Å². The van der Waals surface area contributed by atoms with E-state index < -0.39 is 10.0 Å². The Hall–Kier alpha value is -1.63. The number of nitrogens with two attached hydrogens (primary N) is 1. The normalized spacial score (nSPS) is 21.8. The zero-order valence-corrected chi connectivity index (χ0v) is 15.1. The molecular formula is C18H24N2O3S. The van der Waals surface area contributed by atoms with Crippen LogP contribution >= 0.6 is 0 Å². The minimum absolute atomic E-state index is 0.0107. The van der Waals surface area contributed by atoms with Crippen molar-refractivity contribution in [3.05, 3.63) is 36.4 Å². The third-order valence-electron chi connectivity index (χ3n) is 4.96. The molecule has 1 atom stereocenters. The second kappa shape index (κ2) is 6.02. The Morgan fingerprint density at radius 2 is 1.83 bits per heavy atom. The van der Waals surface area contributed by atoms with E-state index in [9.17, 15) is 8.42 Å². The Morgan fingerprint density at radius 1 is 1.17 bits per heavy atom.